The Hall–Kier alpha value is -2.45. The van der Waals surface area contributed by atoms with Gasteiger partial charge in [0.05, 0.1) is 26.4 Å². The fraction of sp³-hybridized carbons (Fsp3) is 0.526. The van der Waals surface area contributed by atoms with Crippen LogP contribution in [0.4, 0.5) is 23.5 Å². The molecule has 2 aromatic rings. The largest absolute Gasteiger partial charge is 0.378 e. The summed E-state index contributed by atoms with van der Waals surface area (Å²) in [6.07, 6.45) is 1.02. The number of para-hydroxylation sites is 1. The van der Waals surface area contributed by atoms with Crippen molar-refractivity contribution >= 4 is 23.5 Å². The van der Waals surface area contributed by atoms with Crippen molar-refractivity contribution in [3.8, 4) is 0 Å². The van der Waals surface area contributed by atoms with E-state index in [0.29, 0.717) is 26.4 Å². The van der Waals surface area contributed by atoms with Gasteiger partial charge in [0.2, 0.25) is 17.8 Å². The van der Waals surface area contributed by atoms with Crippen LogP contribution in [0, 0.1) is 0 Å². The molecule has 0 unspecified atom stereocenters. The van der Waals surface area contributed by atoms with Gasteiger partial charge in [-0.3, -0.25) is 0 Å². The Morgan fingerprint density at radius 3 is 1.85 bits per heavy atom. The van der Waals surface area contributed by atoms with Crippen molar-refractivity contribution in [1.82, 2.24) is 15.0 Å². The summed E-state index contributed by atoms with van der Waals surface area (Å²) in [7, 11) is 0. The van der Waals surface area contributed by atoms with Crippen molar-refractivity contribution in [2.45, 2.75) is 6.42 Å². The number of hydrogen-bond donors (Lipinski definition) is 0. The number of aromatic nitrogens is 3. The summed E-state index contributed by atoms with van der Waals surface area (Å²) in [5.41, 5.74) is 2.54. The molecule has 0 N–H and O–H groups in total. The van der Waals surface area contributed by atoms with Crippen molar-refractivity contribution in [3.05, 3.63) is 29.8 Å². The van der Waals surface area contributed by atoms with Crippen LogP contribution in [-0.2, 0) is 15.9 Å². The molecule has 1 aromatic carbocycles. The van der Waals surface area contributed by atoms with Crippen molar-refractivity contribution in [3.63, 3.8) is 0 Å². The minimum absolute atomic E-state index is 0.709. The van der Waals surface area contributed by atoms with Gasteiger partial charge in [-0.1, -0.05) is 18.2 Å². The summed E-state index contributed by atoms with van der Waals surface area (Å²) in [5, 5.41) is 0. The molecule has 0 spiro atoms. The molecule has 8 nitrogen and oxygen atoms in total. The zero-order valence-corrected chi connectivity index (χ0v) is 15.4. The maximum Gasteiger partial charge on any atom is 0.236 e. The van der Waals surface area contributed by atoms with Gasteiger partial charge in [-0.05, 0) is 18.1 Å². The number of benzene rings is 1. The normalized spacial score (nSPS) is 20.1. The van der Waals surface area contributed by atoms with Gasteiger partial charge >= 0.3 is 0 Å². The molecular weight excluding hydrogens is 344 g/mol. The summed E-state index contributed by atoms with van der Waals surface area (Å²) < 4.78 is 11.0. The first-order valence-corrected chi connectivity index (χ1v) is 9.65. The van der Waals surface area contributed by atoms with E-state index in [-0.39, 0.29) is 0 Å². The highest BCUT2D eigenvalue weighted by Crippen LogP contribution is 2.33. The lowest BCUT2D eigenvalue weighted by Crippen LogP contribution is -2.40. The van der Waals surface area contributed by atoms with Gasteiger partial charge in [0, 0.05) is 38.4 Å². The zero-order chi connectivity index (χ0) is 18.1. The third-order valence-corrected chi connectivity index (χ3v) is 5.32. The third kappa shape index (κ3) is 3.30. The van der Waals surface area contributed by atoms with E-state index in [4.69, 9.17) is 24.4 Å². The molecule has 0 amide bonds. The van der Waals surface area contributed by atoms with Gasteiger partial charge < -0.3 is 24.2 Å². The van der Waals surface area contributed by atoms with E-state index in [1.165, 1.54) is 11.3 Å². The molecule has 3 aliphatic rings. The summed E-state index contributed by atoms with van der Waals surface area (Å²) in [6, 6.07) is 8.50. The molecule has 2 saturated heterocycles. The molecular formula is C19H24N6O2. The van der Waals surface area contributed by atoms with Crippen LogP contribution in [0.15, 0.2) is 24.3 Å². The van der Waals surface area contributed by atoms with Crippen LogP contribution in [0.5, 0.6) is 0 Å². The topological polar surface area (TPSA) is 66.9 Å². The smallest absolute Gasteiger partial charge is 0.236 e. The lowest BCUT2D eigenvalue weighted by Gasteiger charge is -2.31. The molecule has 5 rings (SSSR count). The molecule has 0 aliphatic carbocycles. The van der Waals surface area contributed by atoms with E-state index < -0.39 is 0 Å². The molecule has 0 atom stereocenters. The van der Waals surface area contributed by atoms with E-state index in [1.807, 2.05) is 0 Å². The van der Waals surface area contributed by atoms with Crippen molar-refractivity contribution in [2.24, 2.45) is 0 Å². The molecule has 2 fully saturated rings. The van der Waals surface area contributed by atoms with E-state index in [2.05, 4.69) is 39.0 Å². The maximum atomic E-state index is 5.49. The van der Waals surface area contributed by atoms with E-state index in [1.54, 1.807) is 0 Å². The Morgan fingerprint density at radius 1 is 0.667 bits per heavy atom. The monoisotopic (exact) mass is 368 g/mol. The molecule has 4 heterocycles. The molecule has 8 heteroatoms. The second-order valence-corrected chi connectivity index (χ2v) is 6.96. The fourth-order valence-electron chi connectivity index (χ4n) is 3.82. The predicted octanol–water partition coefficient (Wildman–Crippen LogP) is 1.24. The van der Waals surface area contributed by atoms with Crippen molar-refractivity contribution < 1.29 is 9.47 Å². The number of rotatable bonds is 3. The summed E-state index contributed by atoms with van der Waals surface area (Å²) in [6.45, 7) is 6.96. The van der Waals surface area contributed by atoms with Gasteiger partial charge in [-0.2, -0.15) is 15.0 Å². The van der Waals surface area contributed by atoms with Gasteiger partial charge in [0.1, 0.15) is 0 Å². The van der Waals surface area contributed by atoms with Gasteiger partial charge in [0.15, 0.2) is 0 Å². The molecule has 1 aromatic heterocycles. The average molecular weight is 368 g/mol. The van der Waals surface area contributed by atoms with Crippen LogP contribution in [0.3, 0.4) is 0 Å². The Bertz CT molecular complexity index is 768. The number of ether oxygens (including phenoxy) is 2. The van der Waals surface area contributed by atoms with Crippen molar-refractivity contribution in [2.75, 3.05) is 73.9 Å². The highest BCUT2D eigenvalue weighted by Gasteiger charge is 2.26. The molecule has 27 heavy (non-hydrogen) atoms. The van der Waals surface area contributed by atoms with Crippen LogP contribution in [-0.4, -0.2) is 74.1 Å². The number of nitrogens with zero attached hydrogens (tertiary/aromatic N) is 6. The van der Waals surface area contributed by atoms with Crippen LogP contribution in [0.25, 0.3) is 0 Å². The number of fused-ring (bicyclic) bond motifs is 1. The predicted molar refractivity (Wildman–Crippen MR) is 103 cm³/mol. The highest BCUT2D eigenvalue weighted by molar-refractivity contribution is 5.66. The number of hydrogen-bond acceptors (Lipinski definition) is 8. The van der Waals surface area contributed by atoms with E-state index in [9.17, 15) is 0 Å². The van der Waals surface area contributed by atoms with Crippen LogP contribution < -0.4 is 14.7 Å². The Kier molecular flexibility index (Phi) is 4.51. The fourth-order valence-corrected chi connectivity index (χ4v) is 3.82. The lowest BCUT2D eigenvalue weighted by molar-refractivity contribution is 0.121. The number of morpholine rings is 2. The number of anilines is 4. The first kappa shape index (κ1) is 16.7. The van der Waals surface area contributed by atoms with Crippen LogP contribution in [0.2, 0.25) is 0 Å². The second kappa shape index (κ2) is 7.28. The molecule has 0 radical (unpaired) electrons. The quantitative estimate of drug-likeness (QED) is 0.802. The lowest BCUT2D eigenvalue weighted by atomic mass is 10.2. The van der Waals surface area contributed by atoms with Gasteiger partial charge in [-0.25, -0.2) is 0 Å². The molecule has 0 saturated carbocycles. The average Bonchev–Trinajstić information content (AvgIpc) is 3.19. The first-order chi connectivity index (χ1) is 13.4. The highest BCUT2D eigenvalue weighted by atomic mass is 16.5. The Labute approximate surface area is 158 Å². The van der Waals surface area contributed by atoms with E-state index >= 15 is 0 Å². The van der Waals surface area contributed by atoms with E-state index in [0.717, 1.165) is 57.0 Å². The minimum atomic E-state index is 0.709. The summed E-state index contributed by atoms with van der Waals surface area (Å²) in [4.78, 5) is 21.1. The SMILES string of the molecule is c1ccc2c(c1)CCN2c1nc(N2CCOCC2)nc(N2CCOCC2)n1. The zero-order valence-electron chi connectivity index (χ0n) is 15.4. The summed E-state index contributed by atoms with van der Waals surface area (Å²) >= 11 is 0. The third-order valence-electron chi connectivity index (χ3n) is 5.32. The molecule has 0 bridgehead atoms. The summed E-state index contributed by atoms with van der Waals surface area (Å²) in [5.74, 6) is 2.22. The van der Waals surface area contributed by atoms with Gasteiger partial charge in [-0.15, -0.1) is 0 Å². The Morgan fingerprint density at radius 2 is 1.22 bits per heavy atom. The minimum Gasteiger partial charge on any atom is -0.378 e. The maximum absolute atomic E-state index is 5.49. The van der Waals surface area contributed by atoms with Crippen LogP contribution >= 0.6 is 0 Å². The van der Waals surface area contributed by atoms with Crippen LogP contribution in [0.1, 0.15) is 5.56 Å². The first-order valence-electron chi connectivity index (χ1n) is 9.65. The molecule has 3 aliphatic heterocycles. The van der Waals surface area contributed by atoms with Crippen molar-refractivity contribution in [1.29, 1.82) is 0 Å². The Balaban J connectivity index is 1.53. The van der Waals surface area contributed by atoms with Gasteiger partial charge in [0.25, 0.3) is 0 Å². The second-order valence-electron chi connectivity index (χ2n) is 6.96. The standard InChI is InChI=1S/C19H24N6O2/c1-2-4-16-15(3-1)5-6-25(16)19-21-17(23-7-11-26-12-8-23)20-18(22-19)24-9-13-27-14-10-24/h1-4H,5-14H2. The molecule has 142 valence electrons.